The van der Waals surface area contributed by atoms with E-state index in [1.54, 1.807) is 24.7 Å². The molecule has 0 aromatic carbocycles. The number of rotatable bonds is 1. The predicted molar refractivity (Wildman–Crippen MR) is 44.3 cm³/mol. The van der Waals surface area contributed by atoms with Crippen molar-refractivity contribution in [2.75, 3.05) is 0 Å². The van der Waals surface area contributed by atoms with Crippen LogP contribution in [-0.4, -0.2) is 15.8 Å². The Morgan fingerprint density at radius 3 is 2.75 bits per heavy atom. The topological polar surface area (TPSA) is 42.9 Å². The van der Waals surface area contributed by atoms with Gasteiger partial charge in [0.15, 0.2) is 5.78 Å². The number of carbonyl (C=O) groups is 1. The van der Waals surface area contributed by atoms with Crippen LogP contribution in [0.2, 0.25) is 0 Å². The second-order valence-corrected chi connectivity index (χ2v) is 2.73. The third-order valence-corrected chi connectivity index (χ3v) is 1.87. The lowest BCUT2D eigenvalue weighted by atomic mass is 10.2. The van der Waals surface area contributed by atoms with Crippen molar-refractivity contribution in [3.05, 3.63) is 30.4 Å². The maximum Gasteiger partial charge on any atom is 0.156 e. The van der Waals surface area contributed by atoms with E-state index in [1.807, 2.05) is 0 Å². The highest BCUT2D eigenvalue weighted by atomic mass is 16.1. The average Bonchev–Trinajstić information content (AvgIpc) is 2.54. The molecule has 1 aliphatic rings. The summed E-state index contributed by atoms with van der Waals surface area (Å²) in [5, 5.41) is 0. The zero-order valence-electron chi connectivity index (χ0n) is 6.53. The molecule has 3 nitrogen and oxygen atoms in total. The van der Waals surface area contributed by atoms with Crippen molar-refractivity contribution in [1.29, 1.82) is 0 Å². The summed E-state index contributed by atoms with van der Waals surface area (Å²) in [5.41, 5.74) is 1.83. The minimum absolute atomic E-state index is 0.190. The van der Waals surface area contributed by atoms with Gasteiger partial charge < -0.3 is 0 Å². The second-order valence-electron chi connectivity index (χ2n) is 2.73. The molecule has 0 saturated carbocycles. The van der Waals surface area contributed by atoms with Gasteiger partial charge in [0.05, 0.1) is 11.9 Å². The molecule has 0 bridgehead atoms. The van der Waals surface area contributed by atoms with Crippen molar-refractivity contribution >= 4 is 11.4 Å². The van der Waals surface area contributed by atoms with Crippen LogP contribution in [0, 0.1) is 0 Å². The molecule has 0 radical (unpaired) electrons. The fraction of sp³-hybridized carbons (Fsp3) is 0.222. The highest BCUT2D eigenvalue weighted by Crippen LogP contribution is 2.22. The Morgan fingerprint density at radius 1 is 1.25 bits per heavy atom. The fourth-order valence-electron chi connectivity index (χ4n) is 1.26. The molecule has 12 heavy (non-hydrogen) atoms. The van der Waals surface area contributed by atoms with E-state index >= 15 is 0 Å². The first-order valence-corrected chi connectivity index (χ1v) is 3.86. The van der Waals surface area contributed by atoms with E-state index in [1.165, 1.54) is 0 Å². The van der Waals surface area contributed by atoms with Crippen molar-refractivity contribution in [1.82, 2.24) is 9.97 Å². The van der Waals surface area contributed by atoms with Gasteiger partial charge in [-0.05, 0) is 18.1 Å². The normalized spacial score (nSPS) is 16.3. The Kier molecular flexibility index (Phi) is 1.70. The summed E-state index contributed by atoms with van der Waals surface area (Å²) in [6, 6.07) is 0. The van der Waals surface area contributed by atoms with E-state index in [0.29, 0.717) is 6.42 Å². The molecule has 0 unspecified atom stereocenters. The number of hydrogen-bond acceptors (Lipinski definition) is 3. The summed E-state index contributed by atoms with van der Waals surface area (Å²) < 4.78 is 0. The van der Waals surface area contributed by atoms with Gasteiger partial charge >= 0.3 is 0 Å². The predicted octanol–water partition coefficient (Wildman–Crippen LogP) is 1.22. The maximum absolute atomic E-state index is 10.9. The average molecular weight is 160 g/mol. The largest absolute Gasteiger partial charge is 0.295 e. The van der Waals surface area contributed by atoms with E-state index in [2.05, 4.69) is 9.97 Å². The first kappa shape index (κ1) is 7.16. The molecule has 0 spiro atoms. The Labute approximate surface area is 70.2 Å². The van der Waals surface area contributed by atoms with Crippen molar-refractivity contribution in [3.8, 4) is 0 Å². The van der Waals surface area contributed by atoms with Crippen molar-refractivity contribution in [3.63, 3.8) is 0 Å². The number of hydrogen-bond donors (Lipinski definition) is 0. The summed E-state index contributed by atoms with van der Waals surface area (Å²) in [7, 11) is 0. The molecule has 60 valence electrons. The number of allylic oxidation sites excluding steroid dienone is 2. The maximum atomic E-state index is 10.9. The van der Waals surface area contributed by atoms with Gasteiger partial charge in [-0.3, -0.25) is 14.8 Å². The van der Waals surface area contributed by atoms with Crippen LogP contribution in [0.3, 0.4) is 0 Å². The van der Waals surface area contributed by atoms with E-state index in [4.69, 9.17) is 0 Å². The number of nitrogens with zero attached hydrogens (tertiary/aromatic N) is 2. The van der Waals surface area contributed by atoms with Gasteiger partial charge in [0.25, 0.3) is 0 Å². The monoisotopic (exact) mass is 160 g/mol. The highest BCUT2D eigenvalue weighted by molar-refractivity contribution is 6.01. The number of carbonyl (C=O) groups excluding carboxylic acids is 1. The minimum Gasteiger partial charge on any atom is -0.295 e. The molecule has 0 amide bonds. The lowest BCUT2D eigenvalue weighted by molar-refractivity contribution is -0.114. The van der Waals surface area contributed by atoms with Crippen LogP contribution >= 0.6 is 0 Å². The molecule has 2 rings (SSSR count). The van der Waals surface area contributed by atoms with Gasteiger partial charge in [0.1, 0.15) is 0 Å². The van der Waals surface area contributed by atoms with Gasteiger partial charge in [-0.25, -0.2) is 0 Å². The van der Waals surface area contributed by atoms with Crippen molar-refractivity contribution in [2.45, 2.75) is 12.8 Å². The molecular formula is C9H8N2O. The summed E-state index contributed by atoms with van der Waals surface area (Å²) in [6.45, 7) is 0. The first-order valence-electron chi connectivity index (χ1n) is 3.86. The summed E-state index contributed by atoms with van der Waals surface area (Å²) in [6.07, 6.45) is 8.03. The van der Waals surface area contributed by atoms with Crippen LogP contribution < -0.4 is 0 Å². The van der Waals surface area contributed by atoms with Crippen LogP contribution in [0.4, 0.5) is 0 Å². The molecule has 0 saturated heterocycles. The van der Waals surface area contributed by atoms with Crippen LogP contribution in [0.1, 0.15) is 18.5 Å². The zero-order chi connectivity index (χ0) is 8.39. The van der Waals surface area contributed by atoms with E-state index in [9.17, 15) is 4.79 Å². The Bertz CT molecular complexity index is 330. The molecule has 1 heterocycles. The second kappa shape index (κ2) is 2.85. The SMILES string of the molecule is O=C1C=C(c2cnccn2)CC1. The summed E-state index contributed by atoms with van der Waals surface area (Å²) in [4.78, 5) is 19.0. The molecule has 1 aromatic rings. The molecule has 0 fully saturated rings. The number of aromatic nitrogens is 2. The third kappa shape index (κ3) is 1.25. The van der Waals surface area contributed by atoms with Crippen LogP contribution in [0.5, 0.6) is 0 Å². The fourth-order valence-corrected chi connectivity index (χ4v) is 1.26. The molecule has 1 aliphatic carbocycles. The Morgan fingerprint density at radius 2 is 2.17 bits per heavy atom. The lowest BCUT2D eigenvalue weighted by Gasteiger charge is -1.96. The Hall–Kier alpha value is -1.51. The molecule has 0 aliphatic heterocycles. The standard InChI is InChI=1S/C9H8N2O/c12-8-2-1-7(5-8)9-6-10-3-4-11-9/h3-6H,1-2H2. The van der Waals surface area contributed by atoms with Crippen molar-refractivity contribution in [2.24, 2.45) is 0 Å². The third-order valence-electron chi connectivity index (χ3n) is 1.87. The lowest BCUT2D eigenvalue weighted by Crippen LogP contribution is -1.86. The van der Waals surface area contributed by atoms with Gasteiger partial charge in [-0.2, -0.15) is 0 Å². The van der Waals surface area contributed by atoms with E-state index in [0.717, 1.165) is 17.7 Å². The minimum atomic E-state index is 0.190. The van der Waals surface area contributed by atoms with Crippen LogP contribution in [0.15, 0.2) is 24.7 Å². The summed E-state index contributed by atoms with van der Waals surface area (Å²) in [5.74, 6) is 0.190. The highest BCUT2D eigenvalue weighted by Gasteiger charge is 2.13. The molecular weight excluding hydrogens is 152 g/mol. The van der Waals surface area contributed by atoms with E-state index < -0.39 is 0 Å². The van der Waals surface area contributed by atoms with Gasteiger partial charge in [0.2, 0.25) is 0 Å². The van der Waals surface area contributed by atoms with Gasteiger partial charge in [0, 0.05) is 18.8 Å². The summed E-state index contributed by atoms with van der Waals surface area (Å²) >= 11 is 0. The smallest absolute Gasteiger partial charge is 0.156 e. The number of ketones is 1. The van der Waals surface area contributed by atoms with Crippen LogP contribution in [-0.2, 0) is 4.79 Å². The molecule has 1 aromatic heterocycles. The quantitative estimate of drug-likeness (QED) is 0.620. The van der Waals surface area contributed by atoms with E-state index in [-0.39, 0.29) is 5.78 Å². The molecule has 3 heteroatoms. The Balaban J connectivity index is 2.33. The first-order chi connectivity index (χ1) is 5.86. The molecule has 0 atom stereocenters. The zero-order valence-corrected chi connectivity index (χ0v) is 6.53. The van der Waals surface area contributed by atoms with Crippen molar-refractivity contribution < 1.29 is 4.79 Å². The molecule has 0 N–H and O–H groups in total. The van der Waals surface area contributed by atoms with Gasteiger partial charge in [-0.1, -0.05) is 0 Å². The van der Waals surface area contributed by atoms with Gasteiger partial charge in [-0.15, -0.1) is 0 Å². The van der Waals surface area contributed by atoms with Crippen LogP contribution in [0.25, 0.3) is 5.57 Å².